The zero-order valence-electron chi connectivity index (χ0n) is 12.5. The number of anilines is 1. The van der Waals surface area contributed by atoms with Crippen molar-refractivity contribution >= 4 is 11.6 Å². The lowest BCUT2D eigenvalue weighted by atomic mass is 10.00. The molecule has 0 radical (unpaired) electrons. The molecule has 4 heteroatoms. The summed E-state index contributed by atoms with van der Waals surface area (Å²) >= 11 is 0. The van der Waals surface area contributed by atoms with Gasteiger partial charge in [0.1, 0.15) is 0 Å². The molecule has 0 saturated carbocycles. The fraction of sp³-hybridized carbons (Fsp3) is 0.562. The quantitative estimate of drug-likeness (QED) is 0.869. The van der Waals surface area contributed by atoms with Crippen molar-refractivity contribution in [2.75, 3.05) is 25.1 Å². The van der Waals surface area contributed by atoms with Crippen LogP contribution in [0, 0.1) is 12.8 Å². The van der Waals surface area contributed by atoms with E-state index in [1.54, 1.807) is 0 Å². The molecule has 0 bridgehead atoms. The Kier molecular flexibility index (Phi) is 5.01. The van der Waals surface area contributed by atoms with Gasteiger partial charge < -0.3 is 15.4 Å². The second-order valence-electron chi connectivity index (χ2n) is 5.47. The number of hydrogen-bond acceptors (Lipinski definition) is 3. The van der Waals surface area contributed by atoms with Crippen LogP contribution in [0.15, 0.2) is 18.2 Å². The van der Waals surface area contributed by atoms with Crippen molar-refractivity contribution in [2.45, 2.75) is 33.2 Å². The van der Waals surface area contributed by atoms with E-state index in [-0.39, 0.29) is 11.9 Å². The van der Waals surface area contributed by atoms with Crippen LogP contribution in [0.5, 0.6) is 0 Å². The molecule has 1 aromatic carbocycles. The van der Waals surface area contributed by atoms with Crippen molar-refractivity contribution in [3.05, 3.63) is 29.3 Å². The van der Waals surface area contributed by atoms with Crippen molar-refractivity contribution in [2.24, 2.45) is 5.92 Å². The van der Waals surface area contributed by atoms with Crippen LogP contribution in [0.25, 0.3) is 0 Å². The number of nitrogens with one attached hydrogen (secondary N) is 2. The third kappa shape index (κ3) is 3.51. The highest BCUT2D eigenvalue weighted by Crippen LogP contribution is 2.20. The Morgan fingerprint density at radius 3 is 2.95 bits per heavy atom. The lowest BCUT2D eigenvalue weighted by Gasteiger charge is -2.20. The molecule has 2 N–H and O–H groups in total. The van der Waals surface area contributed by atoms with Crippen LogP contribution in [0.1, 0.15) is 36.2 Å². The van der Waals surface area contributed by atoms with Gasteiger partial charge in [0.05, 0.1) is 12.2 Å². The molecule has 2 atom stereocenters. The number of rotatable bonds is 5. The van der Waals surface area contributed by atoms with E-state index in [0.717, 1.165) is 43.0 Å². The molecule has 0 spiro atoms. The number of ether oxygens (including phenoxy) is 1. The molecular weight excluding hydrogens is 252 g/mol. The van der Waals surface area contributed by atoms with Crippen LogP contribution in [0.2, 0.25) is 0 Å². The van der Waals surface area contributed by atoms with Gasteiger partial charge in [-0.05, 0) is 39.3 Å². The first-order chi connectivity index (χ1) is 9.61. The maximum Gasteiger partial charge on any atom is 0.253 e. The lowest BCUT2D eigenvalue weighted by Crippen LogP contribution is -2.38. The average Bonchev–Trinajstić information content (AvgIpc) is 2.95. The molecule has 1 heterocycles. The predicted molar refractivity (Wildman–Crippen MR) is 81.2 cm³/mol. The third-order valence-electron chi connectivity index (χ3n) is 3.82. The number of aryl methyl sites for hydroxylation is 1. The minimum atomic E-state index is -0.0101. The molecule has 0 aromatic heterocycles. The van der Waals surface area contributed by atoms with E-state index in [4.69, 9.17) is 4.74 Å². The standard InChI is InChI=1S/C16H24N2O2/c1-4-17-15-6-5-11(2)9-14(15)16(19)18-12(3)13-7-8-20-10-13/h5-6,9,12-13,17H,4,7-8,10H2,1-3H3,(H,18,19). The van der Waals surface area contributed by atoms with E-state index in [0.29, 0.717) is 5.92 Å². The summed E-state index contributed by atoms with van der Waals surface area (Å²) in [7, 11) is 0. The maximum atomic E-state index is 12.5. The molecule has 1 aromatic rings. The van der Waals surface area contributed by atoms with Gasteiger partial charge in [-0.2, -0.15) is 0 Å². The largest absolute Gasteiger partial charge is 0.385 e. The highest BCUT2D eigenvalue weighted by Gasteiger charge is 2.24. The molecule has 4 nitrogen and oxygen atoms in total. The zero-order chi connectivity index (χ0) is 14.5. The Bertz CT molecular complexity index is 468. The minimum Gasteiger partial charge on any atom is -0.385 e. The van der Waals surface area contributed by atoms with Gasteiger partial charge in [-0.1, -0.05) is 11.6 Å². The first-order valence-electron chi connectivity index (χ1n) is 7.35. The molecule has 2 unspecified atom stereocenters. The van der Waals surface area contributed by atoms with Gasteiger partial charge in [-0.25, -0.2) is 0 Å². The second-order valence-corrected chi connectivity index (χ2v) is 5.47. The van der Waals surface area contributed by atoms with E-state index in [2.05, 4.69) is 17.6 Å². The van der Waals surface area contributed by atoms with Crippen LogP contribution in [0.4, 0.5) is 5.69 Å². The van der Waals surface area contributed by atoms with Gasteiger partial charge in [0.15, 0.2) is 0 Å². The molecule has 1 saturated heterocycles. The molecule has 1 aliphatic heterocycles. The Labute approximate surface area is 120 Å². The Balaban J connectivity index is 2.09. The van der Waals surface area contributed by atoms with Crippen LogP contribution >= 0.6 is 0 Å². The number of amides is 1. The highest BCUT2D eigenvalue weighted by molar-refractivity contribution is 6.00. The van der Waals surface area contributed by atoms with Crippen molar-refractivity contribution in [3.63, 3.8) is 0 Å². The topological polar surface area (TPSA) is 50.4 Å². The van der Waals surface area contributed by atoms with E-state index < -0.39 is 0 Å². The van der Waals surface area contributed by atoms with E-state index in [1.807, 2.05) is 32.0 Å². The van der Waals surface area contributed by atoms with E-state index in [9.17, 15) is 4.79 Å². The molecule has 2 rings (SSSR count). The van der Waals surface area contributed by atoms with Crippen LogP contribution in [-0.4, -0.2) is 31.7 Å². The minimum absolute atomic E-state index is 0.0101. The Morgan fingerprint density at radius 1 is 1.50 bits per heavy atom. The number of carbonyl (C=O) groups excluding carboxylic acids is 1. The third-order valence-corrected chi connectivity index (χ3v) is 3.82. The number of carbonyl (C=O) groups is 1. The maximum absolute atomic E-state index is 12.5. The highest BCUT2D eigenvalue weighted by atomic mass is 16.5. The summed E-state index contributed by atoms with van der Waals surface area (Å²) in [5.41, 5.74) is 2.71. The molecule has 20 heavy (non-hydrogen) atoms. The molecule has 1 aliphatic rings. The molecule has 1 amide bonds. The van der Waals surface area contributed by atoms with E-state index >= 15 is 0 Å². The van der Waals surface area contributed by atoms with Gasteiger partial charge in [-0.3, -0.25) is 4.79 Å². The first-order valence-corrected chi connectivity index (χ1v) is 7.35. The summed E-state index contributed by atoms with van der Waals surface area (Å²) in [6.45, 7) is 8.43. The number of hydrogen-bond donors (Lipinski definition) is 2. The fourth-order valence-electron chi connectivity index (χ4n) is 2.54. The van der Waals surface area contributed by atoms with Crippen LogP contribution in [0.3, 0.4) is 0 Å². The van der Waals surface area contributed by atoms with Crippen molar-refractivity contribution < 1.29 is 9.53 Å². The van der Waals surface area contributed by atoms with Gasteiger partial charge in [0, 0.05) is 30.8 Å². The summed E-state index contributed by atoms with van der Waals surface area (Å²) in [4.78, 5) is 12.5. The monoisotopic (exact) mass is 276 g/mol. The van der Waals surface area contributed by atoms with Gasteiger partial charge in [0.25, 0.3) is 5.91 Å². The fourth-order valence-corrected chi connectivity index (χ4v) is 2.54. The Hall–Kier alpha value is -1.55. The first kappa shape index (κ1) is 14.9. The molecular formula is C16H24N2O2. The summed E-state index contributed by atoms with van der Waals surface area (Å²) in [5, 5.41) is 6.35. The van der Waals surface area contributed by atoms with E-state index in [1.165, 1.54) is 0 Å². The molecule has 0 aliphatic carbocycles. The molecule has 110 valence electrons. The molecule has 1 fully saturated rings. The normalized spacial score (nSPS) is 19.6. The van der Waals surface area contributed by atoms with Crippen LogP contribution in [-0.2, 0) is 4.74 Å². The van der Waals surface area contributed by atoms with Gasteiger partial charge in [-0.15, -0.1) is 0 Å². The Morgan fingerprint density at radius 2 is 2.30 bits per heavy atom. The summed E-state index contributed by atoms with van der Waals surface area (Å²) in [5.74, 6) is 0.412. The van der Waals surface area contributed by atoms with Gasteiger partial charge in [0.2, 0.25) is 0 Å². The average molecular weight is 276 g/mol. The summed E-state index contributed by atoms with van der Waals surface area (Å²) in [6, 6.07) is 6.06. The smallest absolute Gasteiger partial charge is 0.253 e. The SMILES string of the molecule is CCNc1ccc(C)cc1C(=O)NC(C)C1CCOC1. The second kappa shape index (κ2) is 6.75. The zero-order valence-corrected chi connectivity index (χ0v) is 12.5. The summed E-state index contributed by atoms with van der Waals surface area (Å²) < 4.78 is 5.38. The predicted octanol–water partition coefficient (Wildman–Crippen LogP) is 2.58. The van der Waals surface area contributed by atoms with Crippen molar-refractivity contribution in [3.8, 4) is 0 Å². The summed E-state index contributed by atoms with van der Waals surface area (Å²) in [6.07, 6.45) is 1.02. The number of benzene rings is 1. The van der Waals surface area contributed by atoms with Crippen LogP contribution < -0.4 is 10.6 Å². The van der Waals surface area contributed by atoms with Crippen molar-refractivity contribution in [1.82, 2.24) is 5.32 Å². The van der Waals surface area contributed by atoms with Crippen molar-refractivity contribution in [1.29, 1.82) is 0 Å². The van der Waals surface area contributed by atoms with Gasteiger partial charge >= 0.3 is 0 Å². The lowest BCUT2D eigenvalue weighted by molar-refractivity contribution is 0.0923.